The second kappa shape index (κ2) is 5.76. The summed E-state index contributed by atoms with van der Waals surface area (Å²) in [6, 6.07) is 6.59. The number of carbonyl (C=O) groups excluding carboxylic acids is 1. The lowest BCUT2D eigenvalue weighted by Gasteiger charge is -2.16. The maximum absolute atomic E-state index is 11.5. The summed E-state index contributed by atoms with van der Waals surface area (Å²) in [5.41, 5.74) is 6.58. The van der Waals surface area contributed by atoms with Gasteiger partial charge in [0.15, 0.2) is 0 Å². The number of fused-ring (bicyclic) bond motifs is 1. The van der Waals surface area contributed by atoms with Crippen molar-refractivity contribution in [3.63, 3.8) is 0 Å². The van der Waals surface area contributed by atoms with E-state index >= 15 is 0 Å². The van der Waals surface area contributed by atoms with E-state index in [2.05, 4.69) is 24.6 Å². The molecule has 6 heteroatoms. The first kappa shape index (κ1) is 14.7. The zero-order valence-corrected chi connectivity index (χ0v) is 13.2. The Morgan fingerprint density at radius 1 is 1.45 bits per heavy atom. The fraction of sp³-hybridized carbons (Fsp3) is 0.429. The SMILES string of the molecule is C[Si](C)(C)CCOCn1c(C(N)=O)cc2cccnc21. The summed E-state index contributed by atoms with van der Waals surface area (Å²) >= 11 is 0. The molecule has 0 unspecified atom stereocenters. The van der Waals surface area contributed by atoms with E-state index in [1.165, 1.54) is 0 Å². The number of amides is 1. The van der Waals surface area contributed by atoms with Gasteiger partial charge in [0.2, 0.25) is 0 Å². The largest absolute Gasteiger partial charge is 0.364 e. The molecule has 2 rings (SSSR count). The molecule has 2 N–H and O–H groups in total. The minimum atomic E-state index is -1.11. The van der Waals surface area contributed by atoms with Gasteiger partial charge in [-0.25, -0.2) is 4.98 Å². The Morgan fingerprint density at radius 2 is 2.20 bits per heavy atom. The second-order valence-corrected chi connectivity index (χ2v) is 11.7. The van der Waals surface area contributed by atoms with Crippen molar-refractivity contribution in [3.05, 3.63) is 30.1 Å². The molecule has 2 heterocycles. The highest BCUT2D eigenvalue weighted by Crippen LogP contribution is 2.18. The van der Waals surface area contributed by atoms with Crippen LogP contribution in [0.5, 0.6) is 0 Å². The van der Waals surface area contributed by atoms with Crippen LogP contribution in [0.4, 0.5) is 0 Å². The van der Waals surface area contributed by atoms with E-state index < -0.39 is 14.0 Å². The van der Waals surface area contributed by atoms with E-state index in [1.54, 1.807) is 16.8 Å². The average Bonchev–Trinajstić information content (AvgIpc) is 2.72. The topological polar surface area (TPSA) is 70.1 Å². The van der Waals surface area contributed by atoms with Crippen molar-refractivity contribution >= 4 is 25.0 Å². The lowest BCUT2D eigenvalue weighted by Crippen LogP contribution is -2.23. The number of aromatic nitrogens is 2. The third kappa shape index (κ3) is 3.46. The van der Waals surface area contributed by atoms with Crippen LogP contribution >= 0.6 is 0 Å². The number of nitrogens with zero attached hydrogens (tertiary/aromatic N) is 2. The van der Waals surface area contributed by atoms with Crippen molar-refractivity contribution in [1.29, 1.82) is 0 Å². The number of hydrogen-bond acceptors (Lipinski definition) is 3. The molecule has 0 aromatic carbocycles. The molecule has 2 aromatic heterocycles. The maximum Gasteiger partial charge on any atom is 0.265 e. The molecule has 0 atom stereocenters. The fourth-order valence-corrected chi connectivity index (χ4v) is 2.71. The van der Waals surface area contributed by atoms with Crippen LogP contribution in [0.2, 0.25) is 25.7 Å². The first-order chi connectivity index (χ1) is 9.38. The number of pyridine rings is 1. The van der Waals surface area contributed by atoms with E-state index in [0.717, 1.165) is 17.1 Å². The van der Waals surface area contributed by atoms with Gasteiger partial charge in [0.05, 0.1) is 0 Å². The smallest absolute Gasteiger partial charge is 0.265 e. The molecule has 0 saturated heterocycles. The van der Waals surface area contributed by atoms with Crippen LogP contribution in [0.3, 0.4) is 0 Å². The summed E-state index contributed by atoms with van der Waals surface area (Å²) in [5, 5.41) is 0.898. The van der Waals surface area contributed by atoms with Gasteiger partial charge in [-0.3, -0.25) is 9.36 Å². The van der Waals surface area contributed by atoms with E-state index in [0.29, 0.717) is 19.0 Å². The third-order valence-corrected chi connectivity index (χ3v) is 4.83. The Bertz CT molecular complexity index is 616. The van der Waals surface area contributed by atoms with Crippen molar-refractivity contribution in [2.45, 2.75) is 32.4 Å². The molecular formula is C14H21N3O2Si. The van der Waals surface area contributed by atoms with E-state index in [9.17, 15) is 4.79 Å². The molecular weight excluding hydrogens is 270 g/mol. The molecule has 0 aliphatic rings. The molecule has 0 radical (unpaired) electrons. The number of carbonyl (C=O) groups is 1. The number of nitrogens with two attached hydrogens (primary N) is 1. The van der Waals surface area contributed by atoms with Gasteiger partial charge in [-0.1, -0.05) is 19.6 Å². The highest BCUT2D eigenvalue weighted by Gasteiger charge is 2.15. The van der Waals surface area contributed by atoms with Gasteiger partial charge >= 0.3 is 0 Å². The molecule has 1 amide bonds. The van der Waals surface area contributed by atoms with Crippen LogP contribution in [0.25, 0.3) is 11.0 Å². The zero-order valence-electron chi connectivity index (χ0n) is 12.2. The highest BCUT2D eigenvalue weighted by molar-refractivity contribution is 6.76. The van der Waals surface area contributed by atoms with Crippen molar-refractivity contribution < 1.29 is 9.53 Å². The van der Waals surface area contributed by atoms with E-state index in [4.69, 9.17) is 10.5 Å². The monoisotopic (exact) mass is 291 g/mol. The summed E-state index contributed by atoms with van der Waals surface area (Å²) in [5.74, 6) is -0.461. The summed E-state index contributed by atoms with van der Waals surface area (Å²) < 4.78 is 7.44. The number of hydrogen-bond donors (Lipinski definition) is 1. The Morgan fingerprint density at radius 3 is 2.85 bits per heavy atom. The summed E-state index contributed by atoms with van der Waals surface area (Å²) in [6.45, 7) is 7.91. The minimum absolute atomic E-state index is 0.309. The molecule has 0 spiro atoms. The van der Waals surface area contributed by atoms with Gasteiger partial charge in [0.1, 0.15) is 18.1 Å². The average molecular weight is 291 g/mol. The molecule has 2 aromatic rings. The number of primary amides is 1. The minimum Gasteiger partial charge on any atom is -0.364 e. The summed E-state index contributed by atoms with van der Waals surface area (Å²) in [4.78, 5) is 15.8. The summed E-state index contributed by atoms with van der Waals surface area (Å²) in [6.07, 6.45) is 1.70. The van der Waals surface area contributed by atoms with Gasteiger partial charge in [-0.15, -0.1) is 0 Å². The van der Waals surface area contributed by atoms with Gasteiger partial charge < -0.3 is 10.5 Å². The highest BCUT2D eigenvalue weighted by atomic mass is 28.3. The molecule has 5 nitrogen and oxygen atoms in total. The number of ether oxygens (including phenoxy) is 1. The molecule has 108 valence electrons. The van der Waals surface area contributed by atoms with E-state index in [-0.39, 0.29) is 0 Å². The maximum atomic E-state index is 11.5. The van der Waals surface area contributed by atoms with Crippen LogP contribution < -0.4 is 5.73 Å². The van der Waals surface area contributed by atoms with Crippen LogP contribution in [0.1, 0.15) is 10.5 Å². The molecule has 0 aliphatic carbocycles. The third-order valence-electron chi connectivity index (χ3n) is 3.12. The molecule has 0 saturated carbocycles. The first-order valence-electron chi connectivity index (χ1n) is 6.70. The van der Waals surface area contributed by atoms with Gasteiger partial charge in [0.25, 0.3) is 5.91 Å². The normalized spacial score (nSPS) is 11.9. The molecule has 0 bridgehead atoms. The molecule has 0 fully saturated rings. The predicted octanol–water partition coefficient (Wildman–Crippen LogP) is 2.45. The van der Waals surface area contributed by atoms with Crippen LogP contribution in [-0.2, 0) is 11.5 Å². The zero-order chi connectivity index (χ0) is 14.8. The molecule has 0 aliphatic heterocycles. The Hall–Kier alpha value is -1.66. The number of rotatable bonds is 6. The van der Waals surface area contributed by atoms with Crippen LogP contribution in [0.15, 0.2) is 24.4 Å². The summed E-state index contributed by atoms with van der Waals surface area (Å²) in [7, 11) is -1.11. The lowest BCUT2D eigenvalue weighted by atomic mass is 10.3. The van der Waals surface area contributed by atoms with Crippen molar-refractivity contribution in [2.75, 3.05) is 6.61 Å². The predicted molar refractivity (Wildman–Crippen MR) is 82.4 cm³/mol. The lowest BCUT2D eigenvalue weighted by molar-refractivity contribution is 0.0828. The van der Waals surface area contributed by atoms with Crippen molar-refractivity contribution in [2.24, 2.45) is 5.73 Å². The first-order valence-corrected chi connectivity index (χ1v) is 10.4. The fourth-order valence-electron chi connectivity index (χ4n) is 1.96. The van der Waals surface area contributed by atoms with E-state index in [1.807, 2.05) is 12.1 Å². The standard InChI is InChI=1S/C14H21N3O2Si/c1-20(2,3)8-7-19-10-17-12(13(15)18)9-11-5-4-6-16-14(11)17/h4-6,9H,7-8,10H2,1-3H3,(H2,15,18). The Balaban J connectivity index is 2.15. The van der Waals surface area contributed by atoms with Gasteiger partial charge in [-0.05, 0) is 24.2 Å². The molecule has 20 heavy (non-hydrogen) atoms. The Kier molecular flexibility index (Phi) is 4.25. The van der Waals surface area contributed by atoms with Gasteiger partial charge in [0, 0.05) is 26.3 Å². The second-order valence-electron chi connectivity index (χ2n) is 6.09. The van der Waals surface area contributed by atoms with Gasteiger partial charge in [-0.2, -0.15) is 0 Å². The van der Waals surface area contributed by atoms with Crippen LogP contribution in [0, 0.1) is 0 Å². The quantitative estimate of drug-likeness (QED) is 0.656. The Labute approximate surface area is 119 Å². The van der Waals surface area contributed by atoms with Crippen LogP contribution in [-0.4, -0.2) is 30.1 Å². The van der Waals surface area contributed by atoms with Crippen molar-refractivity contribution in [3.8, 4) is 0 Å². The van der Waals surface area contributed by atoms with Crippen molar-refractivity contribution in [1.82, 2.24) is 9.55 Å².